The van der Waals surface area contributed by atoms with E-state index in [2.05, 4.69) is 0 Å². The van der Waals surface area contributed by atoms with Gasteiger partial charge >= 0.3 is 0 Å². The monoisotopic (exact) mass is 310 g/mol. The van der Waals surface area contributed by atoms with E-state index in [0.717, 1.165) is 0 Å². The molecule has 0 radical (unpaired) electrons. The molecule has 0 bridgehead atoms. The Balaban J connectivity index is 2.46. The number of fused-ring (bicyclic) bond motifs is 1. The summed E-state index contributed by atoms with van der Waals surface area (Å²) in [5, 5.41) is 21.9. The number of aryl methyl sites for hydroxylation is 1. The van der Waals surface area contributed by atoms with Gasteiger partial charge in [-0.25, -0.2) is 0 Å². The quantitative estimate of drug-likeness (QED) is 0.594. The highest BCUT2D eigenvalue weighted by molar-refractivity contribution is 5.93. The predicted molar refractivity (Wildman–Crippen MR) is 87.6 cm³/mol. The van der Waals surface area contributed by atoms with Crippen LogP contribution in [0, 0.1) is 10.1 Å². The van der Waals surface area contributed by atoms with Crippen LogP contribution >= 0.6 is 0 Å². The van der Waals surface area contributed by atoms with Crippen molar-refractivity contribution in [3.8, 4) is 16.9 Å². The van der Waals surface area contributed by atoms with Crippen molar-refractivity contribution in [3.63, 3.8) is 0 Å². The fourth-order valence-electron chi connectivity index (χ4n) is 2.72. The number of pyridine rings is 1. The minimum Gasteiger partial charge on any atom is -0.506 e. The second-order valence-corrected chi connectivity index (χ2v) is 5.10. The van der Waals surface area contributed by atoms with E-state index in [1.165, 1.54) is 22.8 Å². The number of nitro groups is 1. The van der Waals surface area contributed by atoms with Gasteiger partial charge in [0.05, 0.1) is 16.0 Å². The lowest BCUT2D eigenvalue weighted by Gasteiger charge is -2.13. The summed E-state index contributed by atoms with van der Waals surface area (Å²) in [7, 11) is 0. The number of aromatic nitrogens is 1. The number of nitrogens with zero attached hydrogens (tertiary/aromatic N) is 2. The van der Waals surface area contributed by atoms with Crippen molar-refractivity contribution < 1.29 is 10.0 Å². The number of non-ortho nitro benzene ring substituents is 1. The Morgan fingerprint density at radius 3 is 2.48 bits per heavy atom. The fourth-order valence-corrected chi connectivity index (χ4v) is 2.72. The largest absolute Gasteiger partial charge is 0.506 e. The van der Waals surface area contributed by atoms with Crippen molar-refractivity contribution in [1.29, 1.82) is 0 Å². The summed E-state index contributed by atoms with van der Waals surface area (Å²) in [6.07, 6.45) is 0. The molecule has 0 aliphatic rings. The molecule has 3 aromatic rings. The maximum atomic E-state index is 12.7. The third kappa shape index (κ3) is 2.34. The Morgan fingerprint density at radius 2 is 1.87 bits per heavy atom. The molecule has 0 spiro atoms. The first-order valence-electron chi connectivity index (χ1n) is 7.14. The number of aromatic hydroxyl groups is 1. The number of nitro benzene ring substituents is 1. The van der Waals surface area contributed by atoms with Gasteiger partial charge < -0.3 is 9.67 Å². The van der Waals surface area contributed by atoms with Gasteiger partial charge in [0.1, 0.15) is 5.75 Å². The molecule has 0 fully saturated rings. The van der Waals surface area contributed by atoms with Gasteiger partial charge in [-0.3, -0.25) is 14.9 Å². The van der Waals surface area contributed by atoms with Crippen LogP contribution in [0.4, 0.5) is 5.69 Å². The third-order valence-electron chi connectivity index (χ3n) is 3.81. The van der Waals surface area contributed by atoms with E-state index in [4.69, 9.17) is 0 Å². The summed E-state index contributed by atoms with van der Waals surface area (Å²) in [5.74, 6) is -0.232. The van der Waals surface area contributed by atoms with Crippen LogP contribution in [0.15, 0.2) is 53.3 Å². The van der Waals surface area contributed by atoms with Gasteiger partial charge in [-0.2, -0.15) is 0 Å². The van der Waals surface area contributed by atoms with Crippen LogP contribution in [0.1, 0.15) is 6.92 Å². The van der Waals surface area contributed by atoms with Gasteiger partial charge in [0.25, 0.3) is 11.2 Å². The van der Waals surface area contributed by atoms with Crippen LogP contribution in [0.25, 0.3) is 22.0 Å². The van der Waals surface area contributed by atoms with Crippen molar-refractivity contribution >= 4 is 16.6 Å². The first-order valence-corrected chi connectivity index (χ1v) is 7.14. The summed E-state index contributed by atoms with van der Waals surface area (Å²) in [6.45, 7) is 2.21. The molecule has 0 amide bonds. The van der Waals surface area contributed by atoms with Gasteiger partial charge in [-0.15, -0.1) is 0 Å². The second kappa shape index (κ2) is 5.57. The van der Waals surface area contributed by atoms with Gasteiger partial charge in [0, 0.05) is 24.1 Å². The molecule has 1 N–H and O–H groups in total. The Bertz CT molecular complexity index is 962. The summed E-state index contributed by atoms with van der Waals surface area (Å²) in [5.41, 5.74) is 0.747. The van der Waals surface area contributed by atoms with E-state index in [-0.39, 0.29) is 22.6 Å². The molecule has 3 rings (SSSR count). The SMILES string of the molecule is CCn1c(=O)c(-c2ccccc2)c(O)c2cc([N+](=O)[O-])ccc21. The van der Waals surface area contributed by atoms with Crippen molar-refractivity contribution in [3.05, 3.63) is 69.0 Å². The molecule has 2 aromatic carbocycles. The molecule has 0 aliphatic heterocycles. The Labute approximate surface area is 131 Å². The zero-order valence-electron chi connectivity index (χ0n) is 12.4. The van der Waals surface area contributed by atoms with E-state index in [0.29, 0.717) is 23.0 Å². The van der Waals surface area contributed by atoms with Crippen LogP contribution in [0.2, 0.25) is 0 Å². The highest BCUT2D eigenvalue weighted by Gasteiger charge is 2.19. The molecule has 116 valence electrons. The minimum absolute atomic E-state index is 0.131. The standard InChI is InChI=1S/C17H14N2O4/c1-2-18-14-9-8-12(19(22)23)10-13(14)16(20)15(17(18)21)11-6-4-3-5-7-11/h3-10,20H,2H2,1H3. The maximum Gasteiger partial charge on any atom is 0.270 e. The Kier molecular flexibility index (Phi) is 3.57. The fraction of sp³-hybridized carbons (Fsp3) is 0.118. The maximum absolute atomic E-state index is 12.7. The lowest BCUT2D eigenvalue weighted by atomic mass is 10.0. The number of rotatable bonds is 3. The third-order valence-corrected chi connectivity index (χ3v) is 3.81. The van der Waals surface area contributed by atoms with E-state index in [1.54, 1.807) is 24.3 Å². The van der Waals surface area contributed by atoms with E-state index in [9.17, 15) is 20.0 Å². The number of benzene rings is 2. The predicted octanol–water partition coefficient (Wildman–Crippen LogP) is 3.30. The molecule has 1 heterocycles. The van der Waals surface area contributed by atoms with E-state index < -0.39 is 4.92 Å². The first-order chi connectivity index (χ1) is 11.0. The Morgan fingerprint density at radius 1 is 1.17 bits per heavy atom. The van der Waals surface area contributed by atoms with Crippen LogP contribution < -0.4 is 5.56 Å². The van der Waals surface area contributed by atoms with Crippen molar-refractivity contribution in [1.82, 2.24) is 4.57 Å². The summed E-state index contributed by atoms with van der Waals surface area (Å²) in [6, 6.07) is 12.9. The molecule has 0 aliphatic carbocycles. The Hall–Kier alpha value is -3.15. The van der Waals surface area contributed by atoms with Gasteiger partial charge in [-0.1, -0.05) is 30.3 Å². The molecule has 6 nitrogen and oxygen atoms in total. The zero-order chi connectivity index (χ0) is 16.6. The molecular formula is C17H14N2O4. The van der Waals surface area contributed by atoms with Gasteiger partial charge in [0.15, 0.2) is 0 Å². The zero-order valence-corrected chi connectivity index (χ0v) is 12.4. The summed E-state index contributed by atoms with van der Waals surface area (Å²) in [4.78, 5) is 23.2. The van der Waals surface area contributed by atoms with Crippen molar-refractivity contribution in [2.75, 3.05) is 0 Å². The minimum atomic E-state index is -0.525. The van der Waals surface area contributed by atoms with Crippen LogP contribution in [-0.2, 0) is 6.54 Å². The van der Waals surface area contributed by atoms with E-state index in [1.807, 2.05) is 13.0 Å². The highest BCUT2D eigenvalue weighted by Crippen LogP contribution is 2.34. The first kappa shape index (κ1) is 14.8. The average molecular weight is 310 g/mol. The summed E-state index contributed by atoms with van der Waals surface area (Å²) >= 11 is 0. The van der Waals surface area contributed by atoms with Crippen LogP contribution in [-0.4, -0.2) is 14.6 Å². The molecule has 6 heteroatoms. The molecule has 0 saturated heterocycles. The lowest BCUT2D eigenvalue weighted by molar-refractivity contribution is -0.384. The lowest BCUT2D eigenvalue weighted by Crippen LogP contribution is -2.21. The molecule has 0 atom stereocenters. The molecule has 0 unspecified atom stereocenters. The van der Waals surface area contributed by atoms with E-state index >= 15 is 0 Å². The topological polar surface area (TPSA) is 85.4 Å². The van der Waals surface area contributed by atoms with Crippen LogP contribution in [0.5, 0.6) is 5.75 Å². The molecule has 0 saturated carbocycles. The second-order valence-electron chi connectivity index (χ2n) is 5.10. The average Bonchev–Trinajstić information content (AvgIpc) is 2.56. The number of hydrogen-bond donors (Lipinski definition) is 1. The highest BCUT2D eigenvalue weighted by atomic mass is 16.6. The molecular weight excluding hydrogens is 296 g/mol. The molecule has 23 heavy (non-hydrogen) atoms. The number of hydrogen-bond acceptors (Lipinski definition) is 4. The van der Waals surface area contributed by atoms with Crippen molar-refractivity contribution in [2.45, 2.75) is 13.5 Å². The van der Waals surface area contributed by atoms with Crippen molar-refractivity contribution in [2.24, 2.45) is 0 Å². The van der Waals surface area contributed by atoms with Crippen LogP contribution in [0.3, 0.4) is 0 Å². The van der Waals surface area contributed by atoms with Gasteiger partial charge in [-0.05, 0) is 18.6 Å². The van der Waals surface area contributed by atoms with Gasteiger partial charge in [0.2, 0.25) is 0 Å². The normalized spacial score (nSPS) is 10.8. The smallest absolute Gasteiger partial charge is 0.270 e. The molecule has 1 aromatic heterocycles. The summed E-state index contributed by atoms with van der Waals surface area (Å²) < 4.78 is 1.50.